The Hall–Kier alpha value is -3.13. The lowest BCUT2D eigenvalue weighted by Gasteiger charge is -2.12. The minimum atomic E-state index is -4.49. The number of amides is 1. The van der Waals surface area contributed by atoms with Crippen molar-refractivity contribution < 1.29 is 22.4 Å². The van der Waals surface area contributed by atoms with Crippen molar-refractivity contribution in [3.63, 3.8) is 0 Å². The first-order chi connectivity index (χ1) is 13.3. The molecule has 1 amide bonds. The standard InChI is InChI=1S/C20H18F3N3O2/c21-20(22,23)15-9-5-4-8-14(15)11-25-18(27)17-12-28-19(26-17)16(24)10-13-6-2-1-3-7-13/h1-9,12,16H,10-11,24H2,(H,25,27). The summed E-state index contributed by atoms with van der Waals surface area (Å²) in [7, 11) is 0. The molecule has 0 aliphatic rings. The number of rotatable bonds is 6. The summed E-state index contributed by atoms with van der Waals surface area (Å²) in [5, 5.41) is 2.43. The van der Waals surface area contributed by atoms with Crippen molar-refractivity contribution >= 4 is 5.91 Å². The molecule has 3 rings (SSSR count). The minimum Gasteiger partial charge on any atom is -0.446 e. The van der Waals surface area contributed by atoms with Crippen LogP contribution in [0.2, 0.25) is 0 Å². The number of oxazole rings is 1. The van der Waals surface area contributed by atoms with Crippen LogP contribution in [0.4, 0.5) is 13.2 Å². The molecule has 1 unspecified atom stereocenters. The van der Waals surface area contributed by atoms with Gasteiger partial charge in [0.1, 0.15) is 6.26 Å². The summed E-state index contributed by atoms with van der Waals surface area (Å²) < 4.78 is 44.3. The fourth-order valence-electron chi connectivity index (χ4n) is 2.73. The third kappa shape index (κ3) is 4.77. The molecule has 2 aromatic carbocycles. The SMILES string of the molecule is NC(Cc1ccccc1)c1nc(C(=O)NCc2ccccc2C(F)(F)F)co1. The first kappa shape index (κ1) is 19.6. The molecule has 0 saturated carbocycles. The van der Waals surface area contributed by atoms with E-state index >= 15 is 0 Å². The normalized spacial score (nSPS) is 12.6. The molecule has 3 N–H and O–H groups in total. The summed E-state index contributed by atoms with van der Waals surface area (Å²) in [6, 6.07) is 14.0. The minimum absolute atomic E-state index is 0.0344. The van der Waals surface area contributed by atoms with Gasteiger partial charge in [-0.15, -0.1) is 0 Å². The summed E-state index contributed by atoms with van der Waals surface area (Å²) in [5.41, 5.74) is 6.19. The van der Waals surface area contributed by atoms with Gasteiger partial charge in [-0.1, -0.05) is 48.5 Å². The van der Waals surface area contributed by atoms with Crippen LogP contribution < -0.4 is 11.1 Å². The Morgan fingerprint density at radius 1 is 1.11 bits per heavy atom. The maximum atomic E-state index is 13.0. The number of halogens is 3. The number of nitrogens with two attached hydrogens (primary N) is 1. The summed E-state index contributed by atoms with van der Waals surface area (Å²) in [6.07, 6.45) is -2.88. The van der Waals surface area contributed by atoms with E-state index in [-0.39, 0.29) is 23.7 Å². The van der Waals surface area contributed by atoms with Crippen LogP contribution in [0.5, 0.6) is 0 Å². The molecule has 0 radical (unpaired) electrons. The van der Waals surface area contributed by atoms with E-state index < -0.39 is 23.7 Å². The number of nitrogens with one attached hydrogen (secondary N) is 1. The summed E-state index contributed by atoms with van der Waals surface area (Å²) in [5.74, 6) is -0.455. The van der Waals surface area contributed by atoms with Gasteiger partial charge < -0.3 is 15.5 Å². The second-order valence-corrected chi connectivity index (χ2v) is 6.20. The molecule has 8 heteroatoms. The summed E-state index contributed by atoms with van der Waals surface area (Å²) in [4.78, 5) is 16.3. The maximum Gasteiger partial charge on any atom is 0.416 e. The smallest absolute Gasteiger partial charge is 0.416 e. The van der Waals surface area contributed by atoms with Crippen LogP contribution >= 0.6 is 0 Å². The molecule has 0 saturated heterocycles. The van der Waals surface area contributed by atoms with Crippen molar-refractivity contribution in [2.75, 3.05) is 0 Å². The highest BCUT2D eigenvalue weighted by atomic mass is 19.4. The first-order valence-electron chi connectivity index (χ1n) is 8.53. The molecule has 0 fully saturated rings. The molecule has 28 heavy (non-hydrogen) atoms. The largest absolute Gasteiger partial charge is 0.446 e. The van der Waals surface area contributed by atoms with Gasteiger partial charge in [-0.25, -0.2) is 4.98 Å². The summed E-state index contributed by atoms with van der Waals surface area (Å²) >= 11 is 0. The molecule has 3 aromatic rings. The Balaban J connectivity index is 1.64. The lowest BCUT2D eigenvalue weighted by Crippen LogP contribution is -2.25. The molecular formula is C20H18F3N3O2. The number of nitrogens with zero attached hydrogens (tertiary/aromatic N) is 1. The molecule has 0 spiro atoms. The molecule has 5 nitrogen and oxygen atoms in total. The van der Waals surface area contributed by atoms with Crippen LogP contribution in [0.25, 0.3) is 0 Å². The number of aromatic nitrogens is 1. The first-order valence-corrected chi connectivity index (χ1v) is 8.53. The number of hydrogen-bond donors (Lipinski definition) is 2. The van der Waals surface area contributed by atoms with Crippen LogP contribution in [0.15, 0.2) is 65.3 Å². The Morgan fingerprint density at radius 2 is 1.79 bits per heavy atom. The van der Waals surface area contributed by atoms with Crippen molar-refractivity contribution in [2.24, 2.45) is 5.73 Å². The Labute approximate surface area is 159 Å². The van der Waals surface area contributed by atoms with Gasteiger partial charge >= 0.3 is 6.18 Å². The van der Waals surface area contributed by atoms with Gasteiger partial charge in [0.2, 0.25) is 5.89 Å². The fraction of sp³-hybridized carbons (Fsp3) is 0.200. The molecular weight excluding hydrogens is 371 g/mol. The number of carbonyl (C=O) groups excluding carboxylic acids is 1. The van der Waals surface area contributed by atoms with E-state index in [1.165, 1.54) is 18.2 Å². The predicted molar refractivity (Wildman–Crippen MR) is 96.2 cm³/mol. The van der Waals surface area contributed by atoms with E-state index in [1.54, 1.807) is 0 Å². The van der Waals surface area contributed by atoms with Crippen molar-refractivity contribution in [1.29, 1.82) is 0 Å². The van der Waals surface area contributed by atoms with E-state index in [1.807, 2.05) is 30.3 Å². The Kier molecular flexibility index (Phi) is 5.79. The van der Waals surface area contributed by atoms with E-state index in [0.717, 1.165) is 17.9 Å². The average molecular weight is 389 g/mol. The second-order valence-electron chi connectivity index (χ2n) is 6.20. The van der Waals surface area contributed by atoms with Gasteiger partial charge in [-0.05, 0) is 23.6 Å². The zero-order chi connectivity index (χ0) is 20.1. The van der Waals surface area contributed by atoms with Crippen molar-refractivity contribution in [2.45, 2.75) is 25.2 Å². The predicted octanol–water partition coefficient (Wildman–Crippen LogP) is 3.87. The third-order valence-corrected chi connectivity index (χ3v) is 4.13. The van der Waals surface area contributed by atoms with Gasteiger partial charge in [0.05, 0.1) is 11.6 Å². The van der Waals surface area contributed by atoms with Crippen LogP contribution in [0.3, 0.4) is 0 Å². The van der Waals surface area contributed by atoms with Crippen molar-refractivity contribution in [3.05, 3.63) is 89.1 Å². The highest BCUT2D eigenvalue weighted by Gasteiger charge is 2.32. The second kappa shape index (κ2) is 8.26. The molecule has 1 aromatic heterocycles. The number of hydrogen-bond acceptors (Lipinski definition) is 4. The maximum absolute atomic E-state index is 13.0. The van der Waals surface area contributed by atoms with Crippen LogP contribution in [-0.2, 0) is 19.1 Å². The van der Waals surface area contributed by atoms with Crippen molar-refractivity contribution in [3.8, 4) is 0 Å². The quantitative estimate of drug-likeness (QED) is 0.671. The van der Waals surface area contributed by atoms with Gasteiger partial charge in [0, 0.05) is 6.54 Å². The van der Waals surface area contributed by atoms with Crippen LogP contribution in [0, 0.1) is 0 Å². The van der Waals surface area contributed by atoms with E-state index in [2.05, 4.69) is 10.3 Å². The van der Waals surface area contributed by atoms with Gasteiger partial charge in [-0.2, -0.15) is 13.2 Å². The van der Waals surface area contributed by atoms with Gasteiger partial charge in [-0.3, -0.25) is 4.79 Å². The fourth-order valence-corrected chi connectivity index (χ4v) is 2.73. The molecule has 0 bridgehead atoms. The lowest BCUT2D eigenvalue weighted by atomic mass is 10.1. The van der Waals surface area contributed by atoms with E-state index in [9.17, 15) is 18.0 Å². The number of benzene rings is 2. The topological polar surface area (TPSA) is 81.1 Å². The Bertz CT molecular complexity index is 939. The molecule has 1 heterocycles. The molecule has 0 aliphatic heterocycles. The molecule has 0 aliphatic carbocycles. The lowest BCUT2D eigenvalue weighted by molar-refractivity contribution is -0.138. The zero-order valence-electron chi connectivity index (χ0n) is 14.7. The average Bonchev–Trinajstić information content (AvgIpc) is 3.17. The molecule has 1 atom stereocenters. The Morgan fingerprint density at radius 3 is 2.50 bits per heavy atom. The summed E-state index contributed by atoms with van der Waals surface area (Å²) in [6.45, 7) is -0.285. The highest BCUT2D eigenvalue weighted by Crippen LogP contribution is 2.31. The van der Waals surface area contributed by atoms with E-state index in [0.29, 0.717) is 6.42 Å². The van der Waals surface area contributed by atoms with Crippen LogP contribution in [-0.4, -0.2) is 10.9 Å². The monoisotopic (exact) mass is 389 g/mol. The van der Waals surface area contributed by atoms with Gasteiger partial charge in [0.15, 0.2) is 5.69 Å². The van der Waals surface area contributed by atoms with Crippen molar-refractivity contribution in [1.82, 2.24) is 10.3 Å². The number of carbonyl (C=O) groups is 1. The van der Waals surface area contributed by atoms with Gasteiger partial charge in [0.25, 0.3) is 5.91 Å². The third-order valence-electron chi connectivity index (χ3n) is 4.13. The molecule has 146 valence electrons. The number of alkyl halides is 3. The highest BCUT2D eigenvalue weighted by molar-refractivity contribution is 5.91. The van der Waals surface area contributed by atoms with E-state index in [4.69, 9.17) is 10.2 Å². The zero-order valence-corrected chi connectivity index (χ0v) is 14.7. The van der Waals surface area contributed by atoms with Crippen LogP contribution in [0.1, 0.15) is 39.1 Å².